The molecule has 17 heavy (non-hydrogen) atoms. The lowest BCUT2D eigenvalue weighted by Crippen LogP contribution is -2.27. The van der Waals surface area contributed by atoms with Gasteiger partial charge < -0.3 is 5.32 Å². The van der Waals surface area contributed by atoms with Crippen molar-refractivity contribution in [3.05, 3.63) is 57.2 Å². The first kappa shape index (κ1) is 12.6. The molecule has 1 aromatic heterocycles. The summed E-state index contributed by atoms with van der Waals surface area (Å²) in [6, 6.07) is 12.8. The summed E-state index contributed by atoms with van der Waals surface area (Å²) in [4.78, 5) is 1.43. The topological polar surface area (TPSA) is 12.0 Å². The minimum absolute atomic E-state index is 0.490. The molecule has 0 saturated heterocycles. The van der Waals surface area contributed by atoms with E-state index >= 15 is 0 Å². The van der Waals surface area contributed by atoms with E-state index in [-0.39, 0.29) is 0 Å². The molecule has 0 spiro atoms. The highest BCUT2D eigenvalue weighted by Gasteiger charge is 2.03. The first-order chi connectivity index (χ1) is 8.24. The Labute approximate surface area is 111 Å². The van der Waals surface area contributed by atoms with Crippen LogP contribution in [0, 0.1) is 0 Å². The van der Waals surface area contributed by atoms with Crippen molar-refractivity contribution in [2.24, 2.45) is 0 Å². The standard InChI is InChI=1S/C14H16ClNS/c1-11(9-14-3-2-8-17-14)16-10-12-4-6-13(15)7-5-12/h2-8,11,16H,9-10H2,1H3/t11-/m1/s1. The SMILES string of the molecule is C[C@H](Cc1cccs1)NCc1ccc(Cl)cc1. The van der Waals surface area contributed by atoms with Crippen molar-refractivity contribution in [3.8, 4) is 0 Å². The highest BCUT2D eigenvalue weighted by Crippen LogP contribution is 2.12. The molecule has 1 N–H and O–H groups in total. The Morgan fingerprint density at radius 2 is 2.00 bits per heavy atom. The van der Waals surface area contributed by atoms with Crippen LogP contribution in [0.15, 0.2) is 41.8 Å². The van der Waals surface area contributed by atoms with Crippen LogP contribution in [0.1, 0.15) is 17.4 Å². The van der Waals surface area contributed by atoms with Gasteiger partial charge in [0.15, 0.2) is 0 Å². The largest absolute Gasteiger partial charge is 0.310 e. The van der Waals surface area contributed by atoms with E-state index in [9.17, 15) is 0 Å². The number of benzene rings is 1. The van der Waals surface area contributed by atoms with E-state index in [1.165, 1.54) is 10.4 Å². The molecule has 0 aliphatic rings. The Bertz CT molecular complexity index is 436. The van der Waals surface area contributed by atoms with E-state index in [0.29, 0.717) is 6.04 Å². The summed E-state index contributed by atoms with van der Waals surface area (Å²) in [5.41, 5.74) is 1.27. The third-order valence-electron chi connectivity index (χ3n) is 2.66. The van der Waals surface area contributed by atoms with Crippen LogP contribution < -0.4 is 5.32 Å². The van der Waals surface area contributed by atoms with Crippen LogP contribution in [0.25, 0.3) is 0 Å². The summed E-state index contributed by atoms with van der Waals surface area (Å²) in [7, 11) is 0. The summed E-state index contributed by atoms with van der Waals surface area (Å²) >= 11 is 7.67. The van der Waals surface area contributed by atoms with Crippen molar-refractivity contribution in [2.45, 2.75) is 25.9 Å². The highest BCUT2D eigenvalue weighted by atomic mass is 35.5. The lowest BCUT2D eigenvalue weighted by atomic mass is 10.2. The van der Waals surface area contributed by atoms with Crippen LogP contribution in [0.2, 0.25) is 5.02 Å². The molecule has 1 aromatic carbocycles. The second-order valence-corrected chi connectivity index (χ2v) is 5.66. The Kier molecular flexibility index (Phi) is 4.60. The Balaban J connectivity index is 1.79. The average molecular weight is 266 g/mol. The monoisotopic (exact) mass is 265 g/mol. The average Bonchev–Trinajstić information content (AvgIpc) is 2.81. The minimum Gasteiger partial charge on any atom is -0.310 e. The molecule has 1 heterocycles. The predicted octanol–water partition coefficient (Wildman–Crippen LogP) is 4.12. The molecule has 0 amide bonds. The second kappa shape index (κ2) is 6.20. The third-order valence-corrected chi connectivity index (χ3v) is 3.81. The molecule has 0 unspecified atom stereocenters. The van der Waals surface area contributed by atoms with Crippen molar-refractivity contribution in [1.82, 2.24) is 5.32 Å². The summed E-state index contributed by atoms with van der Waals surface area (Å²) < 4.78 is 0. The van der Waals surface area contributed by atoms with Gasteiger partial charge in [-0.1, -0.05) is 29.8 Å². The van der Waals surface area contributed by atoms with E-state index in [2.05, 4.69) is 41.9 Å². The van der Waals surface area contributed by atoms with E-state index in [1.54, 1.807) is 0 Å². The molecule has 90 valence electrons. The lowest BCUT2D eigenvalue weighted by Gasteiger charge is -2.12. The maximum Gasteiger partial charge on any atom is 0.0406 e. The summed E-state index contributed by atoms with van der Waals surface area (Å²) in [5, 5.41) is 6.44. The molecule has 3 heteroatoms. The van der Waals surface area contributed by atoms with Crippen LogP contribution in [0.5, 0.6) is 0 Å². The van der Waals surface area contributed by atoms with E-state index in [1.807, 2.05) is 23.5 Å². The first-order valence-corrected chi connectivity index (χ1v) is 7.00. The van der Waals surface area contributed by atoms with Gasteiger partial charge in [-0.05, 0) is 42.5 Å². The number of nitrogens with one attached hydrogen (secondary N) is 1. The van der Waals surface area contributed by atoms with Gasteiger partial charge >= 0.3 is 0 Å². The Hall–Kier alpha value is -0.830. The van der Waals surface area contributed by atoms with Gasteiger partial charge in [0.25, 0.3) is 0 Å². The van der Waals surface area contributed by atoms with Gasteiger partial charge in [0.05, 0.1) is 0 Å². The van der Waals surface area contributed by atoms with Gasteiger partial charge in [-0.25, -0.2) is 0 Å². The van der Waals surface area contributed by atoms with Crippen LogP contribution in [-0.2, 0) is 13.0 Å². The predicted molar refractivity (Wildman–Crippen MR) is 75.8 cm³/mol. The van der Waals surface area contributed by atoms with Crippen molar-refractivity contribution < 1.29 is 0 Å². The number of halogens is 1. The zero-order chi connectivity index (χ0) is 12.1. The maximum absolute atomic E-state index is 5.85. The molecular formula is C14H16ClNS. The summed E-state index contributed by atoms with van der Waals surface area (Å²) in [6.07, 6.45) is 1.09. The maximum atomic E-state index is 5.85. The lowest BCUT2D eigenvalue weighted by molar-refractivity contribution is 0.548. The molecule has 1 atom stereocenters. The quantitative estimate of drug-likeness (QED) is 0.857. The fourth-order valence-corrected chi connectivity index (χ4v) is 2.66. The van der Waals surface area contributed by atoms with E-state index in [4.69, 9.17) is 11.6 Å². The molecule has 0 saturated carbocycles. The van der Waals surface area contributed by atoms with Crippen LogP contribution in [0.4, 0.5) is 0 Å². The summed E-state index contributed by atoms with van der Waals surface area (Å²) in [6.45, 7) is 3.11. The van der Waals surface area contributed by atoms with Crippen molar-refractivity contribution in [3.63, 3.8) is 0 Å². The minimum atomic E-state index is 0.490. The number of thiophene rings is 1. The molecule has 0 radical (unpaired) electrons. The van der Waals surface area contributed by atoms with Crippen LogP contribution in [-0.4, -0.2) is 6.04 Å². The number of rotatable bonds is 5. The second-order valence-electron chi connectivity index (χ2n) is 4.19. The first-order valence-electron chi connectivity index (χ1n) is 5.74. The van der Waals surface area contributed by atoms with Crippen LogP contribution >= 0.6 is 22.9 Å². The fraction of sp³-hybridized carbons (Fsp3) is 0.286. The Morgan fingerprint density at radius 3 is 2.65 bits per heavy atom. The van der Waals surface area contributed by atoms with Gasteiger partial charge in [-0.15, -0.1) is 11.3 Å². The molecule has 0 bridgehead atoms. The van der Waals surface area contributed by atoms with Crippen molar-refractivity contribution in [1.29, 1.82) is 0 Å². The molecule has 2 aromatic rings. The fourth-order valence-electron chi connectivity index (χ4n) is 1.70. The van der Waals surface area contributed by atoms with Gasteiger partial charge in [0.2, 0.25) is 0 Å². The van der Waals surface area contributed by atoms with Gasteiger partial charge in [0, 0.05) is 22.5 Å². The molecule has 2 rings (SSSR count). The van der Waals surface area contributed by atoms with Gasteiger partial charge in [-0.2, -0.15) is 0 Å². The third kappa shape index (κ3) is 4.15. The number of hydrogen-bond acceptors (Lipinski definition) is 2. The van der Waals surface area contributed by atoms with Crippen molar-refractivity contribution in [2.75, 3.05) is 0 Å². The number of hydrogen-bond donors (Lipinski definition) is 1. The zero-order valence-corrected chi connectivity index (χ0v) is 11.4. The van der Waals surface area contributed by atoms with E-state index < -0.39 is 0 Å². The smallest absolute Gasteiger partial charge is 0.0406 e. The van der Waals surface area contributed by atoms with Gasteiger partial charge in [0.1, 0.15) is 0 Å². The van der Waals surface area contributed by atoms with Crippen LogP contribution in [0.3, 0.4) is 0 Å². The summed E-state index contributed by atoms with van der Waals surface area (Å²) in [5.74, 6) is 0. The molecule has 1 nitrogen and oxygen atoms in total. The molecule has 0 fully saturated rings. The molecule has 0 aliphatic carbocycles. The molecule has 0 aliphatic heterocycles. The van der Waals surface area contributed by atoms with Crippen molar-refractivity contribution >= 4 is 22.9 Å². The highest BCUT2D eigenvalue weighted by molar-refractivity contribution is 7.09. The van der Waals surface area contributed by atoms with E-state index in [0.717, 1.165) is 18.0 Å². The molecular weight excluding hydrogens is 250 g/mol. The normalized spacial score (nSPS) is 12.6. The Morgan fingerprint density at radius 1 is 1.24 bits per heavy atom. The van der Waals surface area contributed by atoms with Gasteiger partial charge in [-0.3, -0.25) is 0 Å². The zero-order valence-electron chi connectivity index (χ0n) is 9.82.